The largest absolute Gasteiger partial charge is 0.330 e. The minimum atomic E-state index is 0.695. The van der Waals surface area contributed by atoms with Gasteiger partial charge < -0.3 is 11.1 Å². The highest BCUT2D eigenvalue weighted by atomic mass is 15.2. The summed E-state index contributed by atoms with van der Waals surface area (Å²) in [6, 6.07) is 0.695. The van der Waals surface area contributed by atoms with E-state index < -0.39 is 0 Å². The summed E-state index contributed by atoms with van der Waals surface area (Å²) in [7, 11) is 0. The van der Waals surface area contributed by atoms with Gasteiger partial charge in [-0.15, -0.1) is 0 Å². The van der Waals surface area contributed by atoms with Crippen molar-refractivity contribution < 1.29 is 0 Å². The Morgan fingerprint density at radius 2 is 2.00 bits per heavy atom. The number of rotatable bonds is 5. The topological polar surface area (TPSA) is 41.3 Å². The van der Waals surface area contributed by atoms with E-state index in [-0.39, 0.29) is 0 Å². The van der Waals surface area contributed by atoms with Crippen LogP contribution in [0.25, 0.3) is 0 Å². The lowest BCUT2D eigenvalue weighted by molar-refractivity contribution is 0.145. The molecule has 1 unspecified atom stereocenters. The molecule has 3 N–H and O–H groups in total. The summed E-state index contributed by atoms with van der Waals surface area (Å²) >= 11 is 0. The fourth-order valence-electron chi connectivity index (χ4n) is 3.22. The van der Waals surface area contributed by atoms with Crippen LogP contribution in [0.5, 0.6) is 0 Å². The quantitative estimate of drug-likeness (QED) is 0.738. The van der Waals surface area contributed by atoms with Crippen molar-refractivity contribution in [2.24, 2.45) is 11.7 Å². The van der Waals surface area contributed by atoms with Crippen molar-refractivity contribution >= 4 is 0 Å². The highest BCUT2D eigenvalue weighted by molar-refractivity contribution is 4.81. The van der Waals surface area contributed by atoms with Crippen molar-refractivity contribution in [1.29, 1.82) is 0 Å². The van der Waals surface area contributed by atoms with Crippen molar-refractivity contribution in [3.63, 3.8) is 0 Å². The monoisotopic (exact) mass is 225 g/mol. The van der Waals surface area contributed by atoms with E-state index >= 15 is 0 Å². The molecule has 1 aliphatic heterocycles. The first-order chi connectivity index (χ1) is 7.90. The maximum Gasteiger partial charge on any atom is 0.0233 e. The maximum atomic E-state index is 5.69. The lowest BCUT2D eigenvalue weighted by Gasteiger charge is -2.36. The number of hydrogen-bond acceptors (Lipinski definition) is 3. The average Bonchev–Trinajstić information content (AvgIpc) is 2.81. The predicted molar refractivity (Wildman–Crippen MR) is 68.5 cm³/mol. The molecule has 0 aromatic carbocycles. The van der Waals surface area contributed by atoms with Crippen LogP contribution in [0, 0.1) is 5.92 Å². The van der Waals surface area contributed by atoms with Crippen LogP contribution in [0.2, 0.25) is 0 Å². The van der Waals surface area contributed by atoms with Gasteiger partial charge in [0, 0.05) is 25.7 Å². The second kappa shape index (κ2) is 6.58. The number of nitrogens with one attached hydrogen (secondary N) is 1. The SMILES string of the molecule is NCCC1CNCCN1CCC1CCCC1. The van der Waals surface area contributed by atoms with E-state index in [0.717, 1.165) is 32.0 Å². The molecule has 0 aromatic rings. The van der Waals surface area contributed by atoms with Gasteiger partial charge >= 0.3 is 0 Å². The number of piperazine rings is 1. The molecule has 94 valence electrons. The third-order valence-electron chi connectivity index (χ3n) is 4.27. The van der Waals surface area contributed by atoms with Crippen LogP contribution in [0.4, 0.5) is 0 Å². The van der Waals surface area contributed by atoms with Gasteiger partial charge in [0.2, 0.25) is 0 Å². The molecule has 1 heterocycles. The van der Waals surface area contributed by atoms with E-state index in [1.54, 1.807) is 0 Å². The number of hydrogen-bond donors (Lipinski definition) is 2. The van der Waals surface area contributed by atoms with Crippen LogP contribution in [-0.4, -0.2) is 43.7 Å². The molecule has 1 saturated heterocycles. The molecule has 3 heteroatoms. The zero-order valence-electron chi connectivity index (χ0n) is 10.5. The first-order valence-electron chi connectivity index (χ1n) is 7.05. The van der Waals surface area contributed by atoms with Gasteiger partial charge in [0.25, 0.3) is 0 Å². The van der Waals surface area contributed by atoms with Crippen molar-refractivity contribution in [1.82, 2.24) is 10.2 Å². The number of nitrogens with zero attached hydrogens (tertiary/aromatic N) is 1. The standard InChI is InChI=1S/C13H27N3/c14-7-5-13-11-15-8-10-16(13)9-6-12-3-1-2-4-12/h12-13,15H,1-11,14H2. The van der Waals surface area contributed by atoms with Gasteiger partial charge in [-0.05, 0) is 31.8 Å². The normalized spacial score (nSPS) is 28.7. The Kier molecular flexibility index (Phi) is 5.07. The van der Waals surface area contributed by atoms with Gasteiger partial charge in [0.05, 0.1) is 0 Å². The first kappa shape index (κ1) is 12.3. The third-order valence-corrected chi connectivity index (χ3v) is 4.27. The predicted octanol–water partition coefficient (Wildman–Crippen LogP) is 1.19. The minimum Gasteiger partial charge on any atom is -0.330 e. The molecule has 0 radical (unpaired) electrons. The van der Waals surface area contributed by atoms with Crippen molar-refractivity contribution in [3.8, 4) is 0 Å². The molecule has 0 spiro atoms. The van der Waals surface area contributed by atoms with Crippen molar-refractivity contribution in [3.05, 3.63) is 0 Å². The second-order valence-electron chi connectivity index (χ2n) is 5.41. The molecule has 2 fully saturated rings. The van der Waals surface area contributed by atoms with Crippen LogP contribution < -0.4 is 11.1 Å². The highest BCUT2D eigenvalue weighted by Gasteiger charge is 2.23. The Hall–Kier alpha value is -0.120. The molecule has 1 aliphatic carbocycles. The zero-order valence-corrected chi connectivity index (χ0v) is 10.5. The first-order valence-corrected chi connectivity index (χ1v) is 7.05. The lowest BCUT2D eigenvalue weighted by atomic mass is 10.0. The van der Waals surface area contributed by atoms with Crippen LogP contribution in [0.1, 0.15) is 38.5 Å². The van der Waals surface area contributed by atoms with Gasteiger partial charge in [0.1, 0.15) is 0 Å². The summed E-state index contributed by atoms with van der Waals surface area (Å²) in [4.78, 5) is 2.67. The van der Waals surface area contributed by atoms with Gasteiger partial charge in [-0.25, -0.2) is 0 Å². The van der Waals surface area contributed by atoms with Crippen LogP contribution in [0.15, 0.2) is 0 Å². The molecule has 3 nitrogen and oxygen atoms in total. The van der Waals surface area contributed by atoms with E-state index in [2.05, 4.69) is 10.2 Å². The van der Waals surface area contributed by atoms with E-state index in [9.17, 15) is 0 Å². The summed E-state index contributed by atoms with van der Waals surface area (Å²) in [5.74, 6) is 1.02. The molecule has 1 saturated carbocycles. The fourth-order valence-corrected chi connectivity index (χ4v) is 3.22. The fraction of sp³-hybridized carbons (Fsp3) is 1.00. The Morgan fingerprint density at radius 1 is 1.19 bits per heavy atom. The molecular weight excluding hydrogens is 198 g/mol. The van der Waals surface area contributed by atoms with Gasteiger partial charge in [-0.1, -0.05) is 25.7 Å². The zero-order chi connectivity index (χ0) is 11.2. The Morgan fingerprint density at radius 3 is 2.75 bits per heavy atom. The van der Waals surface area contributed by atoms with Crippen molar-refractivity contribution in [2.75, 3.05) is 32.7 Å². The summed E-state index contributed by atoms with van der Waals surface area (Å²) in [5.41, 5.74) is 5.69. The van der Waals surface area contributed by atoms with Gasteiger partial charge in [-0.3, -0.25) is 4.90 Å². The lowest BCUT2D eigenvalue weighted by Crippen LogP contribution is -2.52. The molecule has 2 rings (SSSR count). The summed E-state index contributed by atoms with van der Waals surface area (Å²) in [6.07, 6.45) is 8.47. The van der Waals surface area contributed by atoms with Crippen LogP contribution in [0.3, 0.4) is 0 Å². The van der Waals surface area contributed by atoms with E-state index in [0.29, 0.717) is 6.04 Å². The Labute approximate surface area is 99.8 Å². The van der Waals surface area contributed by atoms with Crippen LogP contribution in [-0.2, 0) is 0 Å². The molecular formula is C13H27N3. The van der Waals surface area contributed by atoms with Gasteiger partial charge in [-0.2, -0.15) is 0 Å². The summed E-state index contributed by atoms with van der Waals surface area (Å²) in [5, 5.41) is 3.48. The second-order valence-corrected chi connectivity index (χ2v) is 5.41. The third kappa shape index (κ3) is 3.44. The van der Waals surface area contributed by atoms with Gasteiger partial charge in [0.15, 0.2) is 0 Å². The molecule has 0 bridgehead atoms. The molecule has 0 aromatic heterocycles. The smallest absolute Gasteiger partial charge is 0.0233 e. The Balaban J connectivity index is 1.72. The molecule has 1 atom stereocenters. The highest BCUT2D eigenvalue weighted by Crippen LogP contribution is 2.28. The maximum absolute atomic E-state index is 5.69. The molecule has 2 aliphatic rings. The summed E-state index contributed by atoms with van der Waals surface area (Å²) < 4.78 is 0. The van der Waals surface area contributed by atoms with E-state index in [1.165, 1.54) is 45.2 Å². The Bertz CT molecular complexity index is 188. The van der Waals surface area contributed by atoms with Crippen LogP contribution >= 0.6 is 0 Å². The van der Waals surface area contributed by atoms with E-state index in [1.807, 2.05) is 0 Å². The minimum absolute atomic E-state index is 0.695. The number of nitrogens with two attached hydrogens (primary N) is 1. The molecule has 16 heavy (non-hydrogen) atoms. The molecule has 0 amide bonds. The van der Waals surface area contributed by atoms with E-state index in [4.69, 9.17) is 5.73 Å². The van der Waals surface area contributed by atoms with Crippen molar-refractivity contribution in [2.45, 2.75) is 44.6 Å². The summed E-state index contributed by atoms with van der Waals surface area (Å²) in [6.45, 7) is 5.65. The average molecular weight is 225 g/mol.